The van der Waals surface area contributed by atoms with E-state index in [0.717, 1.165) is 5.65 Å². The first-order valence-corrected chi connectivity index (χ1v) is 5.05. The lowest BCUT2D eigenvalue weighted by molar-refractivity contribution is -0.385. The maximum absolute atomic E-state index is 10.8. The average molecular weight is 228 g/mol. The summed E-state index contributed by atoms with van der Waals surface area (Å²) in [6, 6.07) is 5.57. The molecule has 0 saturated carbocycles. The largest absolute Gasteiger partial charge is 0.292 e. The van der Waals surface area contributed by atoms with E-state index >= 15 is 0 Å². The van der Waals surface area contributed by atoms with Crippen LogP contribution in [0.4, 0.5) is 5.69 Å². The summed E-state index contributed by atoms with van der Waals surface area (Å²) in [5.74, 6) is 0. The van der Waals surface area contributed by atoms with E-state index in [9.17, 15) is 10.1 Å². The van der Waals surface area contributed by atoms with E-state index in [0.29, 0.717) is 16.7 Å². The highest BCUT2D eigenvalue weighted by atomic mass is 16.6. The number of nitro groups is 1. The molecular weight excluding hydrogens is 220 g/mol. The monoisotopic (exact) mass is 228 g/mol. The summed E-state index contributed by atoms with van der Waals surface area (Å²) in [7, 11) is 0. The first-order valence-electron chi connectivity index (χ1n) is 5.05. The fraction of sp³-hybridized carbons (Fsp3) is 0.0909. The molecular formula is C11H8N4O2. The van der Waals surface area contributed by atoms with Crippen molar-refractivity contribution >= 4 is 22.5 Å². The smallest absolute Gasteiger partial charge is 0.284 e. The summed E-state index contributed by atoms with van der Waals surface area (Å²) < 4.78 is 1.81. The summed E-state index contributed by atoms with van der Waals surface area (Å²) >= 11 is 0. The highest BCUT2D eigenvalue weighted by Crippen LogP contribution is 2.25. The van der Waals surface area contributed by atoms with Gasteiger partial charge < -0.3 is 0 Å². The minimum Gasteiger partial charge on any atom is -0.284 e. The van der Waals surface area contributed by atoms with Gasteiger partial charge in [-0.2, -0.15) is 0 Å². The molecule has 3 aromatic rings. The van der Waals surface area contributed by atoms with Crippen molar-refractivity contribution in [2.75, 3.05) is 0 Å². The van der Waals surface area contributed by atoms with Gasteiger partial charge in [0, 0.05) is 6.20 Å². The van der Waals surface area contributed by atoms with Crippen molar-refractivity contribution in [2.24, 2.45) is 0 Å². The summed E-state index contributed by atoms with van der Waals surface area (Å²) in [6.07, 6.45) is 3.11. The number of nitrogens with zero attached hydrogens (tertiary/aromatic N) is 4. The number of imidazole rings is 1. The van der Waals surface area contributed by atoms with Gasteiger partial charge in [-0.05, 0) is 19.1 Å². The molecule has 0 atom stereocenters. The molecule has 0 radical (unpaired) electrons. The molecule has 84 valence electrons. The van der Waals surface area contributed by atoms with Gasteiger partial charge in [0.25, 0.3) is 5.69 Å². The van der Waals surface area contributed by atoms with E-state index in [-0.39, 0.29) is 5.69 Å². The number of pyridine rings is 2. The van der Waals surface area contributed by atoms with Crippen LogP contribution in [-0.2, 0) is 0 Å². The van der Waals surface area contributed by atoms with Crippen molar-refractivity contribution in [3.05, 3.63) is 46.3 Å². The van der Waals surface area contributed by atoms with Crippen LogP contribution >= 0.6 is 0 Å². The fourth-order valence-corrected chi connectivity index (χ4v) is 1.88. The first kappa shape index (κ1) is 9.71. The molecule has 0 aromatic carbocycles. The molecule has 0 spiro atoms. The van der Waals surface area contributed by atoms with Crippen LogP contribution in [0.3, 0.4) is 0 Å². The second kappa shape index (κ2) is 3.24. The predicted octanol–water partition coefficient (Wildman–Crippen LogP) is 2.10. The van der Waals surface area contributed by atoms with Gasteiger partial charge in [-0.3, -0.25) is 14.5 Å². The second-order valence-corrected chi connectivity index (χ2v) is 3.74. The van der Waals surface area contributed by atoms with Gasteiger partial charge in [0.2, 0.25) is 0 Å². The van der Waals surface area contributed by atoms with E-state index in [1.165, 1.54) is 6.20 Å². The Morgan fingerprint density at radius 3 is 3.00 bits per heavy atom. The molecule has 3 rings (SSSR count). The zero-order chi connectivity index (χ0) is 12.0. The third-order valence-corrected chi connectivity index (χ3v) is 2.75. The molecule has 17 heavy (non-hydrogen) atoms. The number of rotatable bonds is 1. The van der Waals surface area contributed by atoms with E-state index in [4.69, 9.17) is 0 Å². The highest BCUT2D eigenvalue weighted by Gasteiger charge is 2.17. The van der Waals surface area contributed by atoms with Crippen LogP contribution in [-0.4, -0.2) is 19.3 Å². The van der Waals surface area contributed by atoms with Crippen LogP contribution in [0.15, 0.2) is 30.6 Å². The van der Waals surface area contributed by atoms with Gasteiger partial charge in [0.15, 0.2) is 5.65 Å². The van der Waals surface area contributed by atoms with Gasteiger partial charge in [-0.25, -0.2) is 9.97 Å². The maximum atomic E-state index is 10.8. The van der Waals surface area contributed by atoms with Crippen LogP contribution in [0.2, 0.25) is 0 Å². The molecule has 0 aliphatic heterocycles. The first-order chi connectivity index (χ1) is 8.18. The minimum atomic E-state index is -0.439. The summed E-state index contributed by atoms with van der Waals surface area (Å²) in [6.45, 7) is 1.69. The van der Waals surface area contributed by atoms with Gasteiger partial charge in [0.1, 0.15) is 17.4 Å². The molecule has 0 amide bonds. The topological polar surface area (TPSA) is 73.3 Å². The molecule has 0 aliphatic carbocycles. The fourth-order valence-electron chi connectivity index (χ4n) is 1.88. The van der Waals surface area contributed by atoms with Crippen LogP contribution in [0, 0.1) is 17.0 Å². The number of hydrogen-bond donors (Lipinski definition) is 0. The average Bonchev–Trinajstić information content (AvgIpc) is 2.69. The van der Waals surface area contributed by atoms with E-state index in [2.05, 4.69) is 9.97 Å². The lowest BCUT2D eigenvalue weighted by atomic mass is 10.2. The zero-order valence-electron chi connectivity index (χ0n) is 8.99. The van der Waals surface area contributed by atoms with Crippen molar-refractivity contribution in [3.63, 3.8) is 0 Å². The third-order valence-electron chi connectivity index (χ3n) is 2.75. The summed E-state index contributed by atoms with van der Waals surface area (Å²) in [4.78, 5) is 18.8. The standard InChI is InChI=1S/C11H8N4O2/c1-7-8(15(16)17)6-12-11-10(7)13-9-4-2-3-5-14(9)11/h2-6H,1H3. The normalized spacial score (nSPS) is 11.1. The molecule has 6 nitrogen and oxygen atoms in total. The maximum Gasteiger partial charge on any atom is 0.292 e. The highest BCUT2D eigenvalue weighted by molar-refractivity contribution is 5.82. The van der Waals surface area contributed by atoms with Gasteiger partial charge in [-0.1, -0.05) is 6.07 Å². The lowest BCUT2D eigenvalue weighted by Crippen LogP contribution is -1.94. The molecule has 0 bridgehead atoms. The SMILES string of the molecule is Cc1c([N+](=O)[O-])cnc2c1nc1ccccn12. The van der Waals surface area contributed by atoms with E-state index in [1.54, 1.807) is 6.92 Å². The summed E-state index contributed by atoms with van der Waals surface area (Å²) in [5, 5.41) is 10.8. The predicted molar refractivity (Wildman–Crippen MR) is 61.9 cm³/mol. The van der Waals surface area contributed by atoms with Gasteiger partial charge in [-0.15, -0.1) is 0 Å². The van der Waals surface area contributed by atoms with Crippen LogP contribution < -0.4 is 0 Å². The molecule has 3 aromatic heterocycles. The third kappa shape index (κ3) is 1.27. The quantitative estimate of drug-likeness (QED) is 0.472. The minimum absolute atomic E-state index is 0.000839. The number of aromatic nitrogens is 3. The molecule has 0 N–H and O–H groups in total. The van der Waals surface area contributed by atoms with E-state index < -0.39 is 4.92 Å². The van der Waals surface area contributed by atoms with Gasteiger partial charge in [0.05, 0.1) is 10.5 Å². The summed E-state index contributed by atoms with van der Waals surface area (Å²) in [5.41, 5.74) is 2.50. The van der Waals surface area contributed by atoms with Crippen molar-refractivity contribution in [3.8, 4) is 0 Å². The Labute approximate surface area is 95.7 Å². The molecule has 6 heteroatoms. The Morgan fingerprint density at radius 2 is 2.24 bits per heavy atom. The molecule has 0 aliphatic rings. The Morgan fingerprint density at radius 1 is 1.41 bits per heavy atom. The molecule has 0 unspecified atom stereocenters. The second-order valence-electron chi connectivity index (χ2n) is 3.74. The Balaban J connectivity index is 2.48. The van der Waals surface area contributed by atoms with E-state index in [1.807, 2.05) is 28.8 Å². The van der Waals surface area contributed by atoms with Crippen molar-refractivity contribution < 1.29 is 4.92 Å². The zero-order valence-corrected chi connectivity index (χ0v) is 8.99. The molecule has 3 heterocycles. The van der Waals surface area contributed by atoms with Gasteiger partial charge >= 0.3 is 0 Å². The Hall–Kier alpha value is -2.50. The van der Waals surface area contributed by atoms with Crippen LogP contribution in [0.1, 0.15) is 5.56 Å². The lowest BCUT2D eigenvalue weighted by Gasteiger charge is -1.97. The molecule has 0 fully saturated rings. The van der Waals surface area contributed by atoms with Crippen molar-refractivity contribution in [1.82, 2.24) is 14.4 Å². The van der Waals surface area contributed by atoms with Crippen LogP contribution in [0.5, 0.6) is 0 Å². The Bertz CT molecular complexity index is 748. The van der Waals surface area contributed by atoms with Crippen molar-refractivity contribution in [2.45, 2.75) is 6.92 Å². The van der Waals surface area contributed by atoms with Crippen molar-refractivity contribution in [1.29, 1.82) is 0 Å². The van der Waals surface area contributed by atoms with Crippen LogP contribution in [0.25, 0.3) is 16.8 Å². The number of fused-ring (bicyclic) bond motifs is 3. The number of hydrogen-bond acceptors (Lipinski definition) is 4. The Kier molecular flexibility index (Phi) is 1.85. The molecule has 0 saturated heterocycles. The number of aryl methyl sites for hydroxylation is 1.